The van der Waals surface area contributed by atoms with Crippen LogP contribution in [0, 0.1) is 0 Å². The summed E-state index contributed by atoms with van der Waals surface area (Å²) in [4.78, 5) is 0. The lowest BCUT2D eigenvalue weighted by Gasteiger charge is -2.32. The third-order valence-electron chi connectivity index (χ3n) is 4.65. The molecule has 26 heavy (non-hydrogen) atoms. The Morgan fingerprint density at radius 2 is 0.923 bits per heavy atom. The molecule has 0 aromatic heterocycles. The summed E-state index contributed by atoms with van der Waals surface area (Å²) in [5, 5.41) is 0. The van der Waals surface area contributed by atoms with Crippen LogP contribution < -0.4 is 0 Å². The van der Waals surface area contributed by atoms with Gasteiger partial charge in [0.2, 0.25) is 0 Å². The number of halogens is 5. The van der Waals surface area contributed by atoms with E-state index in [1.54, 1.807) is 0 Å². The smallest absolute Gasteiger partial charge is 0.0482 e. The maximum atomic E-state index is 3.79. The maximum absolute atomic E-state index is 3.79. The van der Waals surface area contributed by atoms with Gasteiger partial charge >= 0.3 is 0 Å². The minimum Gasteiger partial charge on any atom is -0.0622 e. The molecule has 0 saturated heterocycles. The van der Waals surface area contributed by atoms with E-state index in [0.29, 0.717) is 0 Å². The van der Waals surface area contributed by atoms with Gasteiger partial charge in [-0.05, 0) is 103 Å². The van der Waals surface area contributed by atoms with E-state index in [9.17, 15) is 0 Å². The van der Waals surface area contributed by atoms with Crippen LogP contribution in [0.3, 0.4) is 0 Å². The molecule has 0 aliphatic carbocycles. The van der Waals surface area contributed by atoms with Crippen LogP contribution in [0.25, 0.3) is 0 Å². The third kappa shape index (κ3) is 3.93. The number of rotatable bonds is 4. The first-order chi connectivity index (χ1) is 12.4. The first-order valence-electron chi connectivity index (χ1n) is 7.97. The highest BCUT2D eigenvalue weighted by atomic mass is 79.9. The second-order valence-corrected chi connectivity index (χ2v) is 10.3. The molecule has 5 heteroatoms. The predicted octanol–water partition coefficient (Wildman–Crippen LogP) is 9.05. The van der Waals surface area contributed by atoms with E-state index in [-0.39, 0.29) is 5.41 Å². The lowest BCUT2D eigenvalue weighted by molar-refractivity contribution is 0.564. The zero-order valence-corrected chi connectivity index (χ0v) is 21.8. The number of hydrogen-bond donors (Lipinski definition) is 0. The zero-order valence-electron chi connectivity index (χ0n) is 13.9. The number of hydrogen-bond acceptors (Lipinski definition) is 0. The third-order valence-corrected chi connectivity index (χ3v) is 10.9. The summed E-state index contributed by atoms with van der Waals surface area (Å²) in [6.07, 6.45) is 0.840. The fraction of sp³-hybridized carbons (Fsp3) is 0.143. The minimum absolute atomic E-state index is 0.166. The minimum atomic E-state index is -0.166. The lowest BCUT2D eigenvalue weighted by atomic mass is 9.72. The van der Waals surface area contributed by atoms with E-state index in [2.05, 4.69) is 147 Å². The zero-order chi connectivity index (χ0) is 18.9. The van der Waals surface area contributed by atoms with Gasteiger partial charge in [0.05, 0.1) is 0 Å². The standard InChI is InChI=1S/C21H15Br5/c1-21(13-8-4-2-5-9-13,14-10-6-3-7-11-14)12-15-16(22)18(24)20(26)19(25)17(15)23/h2-11H,12H2,1H3. The van der Waals surface area contributed by atoms with Crippen LogP contribution in [0.2, 0.25) is 0 Å². The molecular formula is C21H15Br5. The van der Waals surface area contributed by atoms with Crippen molar-refractivity contribution in [3.63, 3.8) is 0 Å². The molecule has 0 bridgehead atoms. The first kappa shape index (κ1) is 20.8. The molecule has 0 amide bonds. The van der Waals surface area contributed by atoms with Crippen molar-refractivity contribution in [1.82, 2.24) is 0 Å². The van der Waals surface area contributed by atoms with Gasteiger partial charge < -0.3 is 0 Å². The van der Waals surface area contributed by atoms with Crippen LogP contribution in [-0.4, -0.2) is 0 Å². The van der Waals surface area contributed by atoms with Crippen LogP contribution in [0.4, 0.5) is 0 Å². The summed E-state index contributed by atoms with van der Waals surface area (Å²) in [6.45, 7) is 2.31. The van der Waals surface area contributed by atoms with E-state index in [1.807, 2.05) is 0 Å². The molecule has 0 atom stereocenters. The highest BCUT2D eigenvalue weighted by molar-refractivity contribution is 9.15. The molecule has 0 saturated carbocycles. The van der Waals surface area contributed by atoms with Crippen molar-refractivity contribution < 1.29 is 0 Å². The monoisotopic (exact) mass is 662 g/mol. The fourth-order valence-electron chi connectivity index (χ4n) is 3.14. The van der Waals surface area contributed by atoms with E-state index < -0.39 is 0 Å². The molecule has 0 fully saturated rings. The largest absolute Gasteiger partial charge is 0.0622 e. The summed E-state index contributed by atoms with van der Waals surface area (Å²) in [6, 6.07) is 21.4. The predicted molar refractivity (Wildman–Crippen MR) is 128 cm³/mol. The van der Waals surface area contributed by atoms with Crippen LogP contribution in [0.1, 0.15) is 23.6 Å². The Morgan fingerprint density at radius 1 is 0.577 bits per heavy atom. The Kier molecular flexibility index (Phi) is 6.88. The van der Waals surface area contributed by atoms with Crippen molar-refractivity contribution in [2.75, 3.05) is 0 Å². The Labute approximate surface area is 196 Å². The Balaban J connectivity index is 2.21. The molecular weight excluding hydrogens is 652 g/mol. The van der Waals surface area contributed by atoms with Crippen molar-refractivity contribution in [2.24, 2.45) is 0 Å². The maximum Gasteiger partial charge on any atom is 0.0482 e. The molecule has 0 aliphatic heterocycles. The van der Waals surface area contributed by atoms with Gasteiger partial charge in [-0.3, -0.25) is 0 Å². The molecule has 0 unspecified atom stereocenters. The van der Waals surface area contributed by atoms with Gasteiger partial charge in [0.15, 0.2) is 0 Å². The fourth-order valence-corrected chi connectivity index (χ4v) is 6.55. The lowest BCUT2D eigenvalue weighted by Crippen LogP contribution is -2.27. The summed E-state index contributed by atoms with van der Waals surface area (Å²) < 4.78 is 5.10. The average Bonchev–Trinajstić information content (AvgIpc) is 2.69. The summed E-state index contributed by atoms with van der Waals surface area (Å²) in [7, 11) is 0. The molecule has 3 aromatic rings. The van der Waals surface area contributed by atoms with Gasteiger partial charge in [0, 0.05) is 27.8 Å². The van der Waals surface area contributed by atoms with Crippen LogP contribution in [0.15, 0.2) is 83.0 Å². The molecule has 0 aliphatic rings. The molecule has 0 N–H and O–H groups in total. The van der Waals surface area contributed by atoms with Gasteiger partial charge in [0.1, 0.15) is 0 Å². The van der Waals surface area contributed by atoms with Gasteiger partial charge in [-0.25, -0.2) is 0 Å². The normalized spacial score (nSPS) is 11.6. The van der Waals surface area contributed by atoms with E-state index in [4.69, 9.17) is 0 Å². The topological polar surface area (TPSA) is 0 Å². The van der Waals surface area contributed by atoms with Crippen LogP contribution in [-0.2, 0) is 11.8 Å². The summed E-state index contributed by atoms with van der Waals surface area (Å²) in [5.74, 6) is 0. The van der Waals surface area contributed by atoms with Gasteiger partial charge in [0.25, 0.3) is 0 Å². The van der Waals surface area contributed by atoms with Gasteiger partial charge in [-0.1, -0.05) is 67.6 Å². The molecule has 0 heterocycles. The number of benzene rings is 3. The molecule has 0 radical (unpaired) electrons. The quantitative estimate of drug-likeness (QED) is 0.193. The Hall–Kier alpha value is 0.0600. The molecule has 0 spiro atoms. The second kappa shape index (κ2) is 8.60. The van der Waals surface area contributed by atoms with Crippen LogP contribution in [0.5, 0.6) is 0 Å². The highest BCUT2D eigenvalue weighted by Crippen LogP contribution is 2.47. The molecule has 134 valence electrons. The molecule has 0 nitrogen and oxygen atoms in total. The van der Waals surface area contributed by atoms with Crippen molar-refractivity contribution >= 4 is 79.6 Å². The van der Waals surface area contributed by atoms with Crippen molar-refractivity contribution in [2.45, 2.75) is 18.8 Å². The van der Waals surface area contributed by atoms with Crippen molar-refractivity contribution in [1.29, 1.82) is 0 Å². The summed E-state index contributed by atoms with van der Waals surface area (Å²) in [5.41, 5.74) is 3.63. The second-order valence-electron chi connectivity index (χ2n) is 6.29. The van der Waals surface area contributed by atoms with E-state index >= 15 is 0 Å². The molecule has 3 rings (SSSR count). The first-order valence-corrected chi connectivity index (χ1v) is 11.9. The van der Waals surface area contributed by atoms with Gasteiger partial charge in [-0.15, -0.1) is 0 Å². The van der Waals surface area contributed by atoms with Gasteiger partial charge in [-0.2, -0.15) is 0 Å². The van der Waals surface area contributed by atoms with Crippen molar-refractivity contribution in [3.05, 3.63) is 99.7 Å². The average molecular weight is 667 g/mol. The summed E-state index contributed by atoms with van der Waals surface area (Å²) >= 11 is 18.6. The van der Waals surface area contributed by atoms with E-state index in [1.165, 1.54) is 16.7 Å². The Bertz CT molecular complexity index is 852. The Morgan fingerprint density at radius 3 is 1.31 bits per heavy atom. The van der Waals surface area contributed by atoms with Crippen molar-refractivity contribution in [3.8, 4) is 0 Å². The van der Waals surface area contributed by atoms with Crippen LogP contribution >= 0.6 is 79.6 Å². The molecule has 3 aromatic carbocycles. The van der Waals surface area contributed by atoms with E-state index in [0.717, 1.165) is 28.8 Å². The highest BCUT2D eigenvalue weighted by Gasteiger charge is 2.32. The SMILES string of the molecule is CC(Cc1c(Br)c(Br)c(Br)c(Br)c1Br)(c1ccccc1)c1ccccc1.